The molecular formula is C16H17BrOZn. The van der Waals surface area contributed by atoms with E-state index in [1.54, 1.807) is 0 Å². The maximum absolute atomic E-state index is 5.85. The molecule has 0 saturated heterocycles. The van der Waals surface area contributed by atoms with Crippen LogP contribution in [-0.4, -0.2) is 0 Å². The van der Waals surface area contributed by atoms with Crippen LogP contribution in [0.3, 0.4) is 0 Å². The van der Waals surface area contributed by atoms with Gasteiger partial charge in [-0.05, 0) is 17.5 Å². The fourth-order valence-electron chi connectivity index (χ4n) is 1.76. The van der Waals surface area contributed by atoms with E-state index in [9.17, 15) is 0 Å². The van der Waals surface area contributed by atoms with E-state index in [4.69, 9.17) is 4.74 Å². The molecule has 0 aliphatic rings. The van der Waals surface area contributed by atoms with Gasteiger partial charge in [-0.25, -0.2) is 0 Å². The molecule has 0 heterocycles. The van der Waals surface area contributed by atoms with Crippen molar-refractivity contribution in [3.8, 4) is 5.75 Å². The molecule has 0 saturated carbocycles. The van der Waals surface area contributed by atoms with Crippen molar-refractivity contribution >= 4 is 13.6 Å². The van der Waals surface area contributed by atoms with Crippen LogP contribution in [0.15, 0.2) is 48.5 Å². The van der Waals surface area contributed by atoms with Crippen LogP contribution < -0.4 is 4.74 Å². The number of hydrogen-bond donors (Lipinski definition) is 0. The molecule has 1 nitrogen and oxygen atoms in total. The minimum atomic E-state index is 0.478. The molecule has 0 aromatic heterocycles. The molecule has 0 atom stereocenters. The monoisotopic (exact) mass is 368 g/mol. The van der Waals surface area contributed by atoms with Crippen LogP contribution in [0.4, 0.5) is 0 Å². The van der Waals surface area contributed by atoms with Crippen molar-refractivity contribution in [1.29, 1.82) is 0 Å². The van der Waals surface area contributed by atoms with Crippen molar-refractivity contribution in [2.45, 2.75) is 26.4 Å². The van der Waals surface area contributed by atoms with Crippen LogP contribution in [0.2, 0.25) is 0 Å². The van der Waals surface area contributed by atoms with Gasteiger partial charge in [-0.1, -0.05) is 32.0 Å². The topological polar surface area (TPSA) is 9.23 Å². The molecule has 0 unspecified atom stereocenters. The normalized spacial score (nSPS) is 9.79. The molecule has 2 aromatic carbocycles. The quantitative estimate of drug-likeness (QED) is 0.542. The second-order valence-electron chi connectivity index (χ2n) is 4.37. The predicted molar refractivity (Wildman–Crippen MR) is 79.1 cm³/mol. The number of ether oxygens (including phenoxy) is 1. The van der Waals surface area contributed by atoms with E-state index in [1.165, 1.54) is 21.9 Å². The first-order valence-corrected chi connectivity index (χ1v) is 13.2. The second kappa shape index (κ2) is 9.28. The van der Waals surface area contributed by atoms with Crippen LogP contribution in [0.1, 0.15) is 30.9 Å². The van der Waals surface area contributed by atoms with Crippen LogP contribution in [0.5, 0.6) is 5.75 Å². The number of hydrogen-bond acceptors (Lipinski definition) is 1. The maximum atomic E-state index is 5.85. The van der Waals surface area contributed by atoms with Gasteiger partial charge in [0.2, 0.25) is 0 Å². The van der Waals surface area contributed by atoms with Gasteiger partial charge in [0.1, 0.15) is 5.75 Å². The fourth-order valence-corrected chi connectivity index (χ4v) is 1.76. The summed E-state index contributed by atoms with van der Waals surface area (Å²) in [6, 6.07) is 19.3. The van der Waals surface area contributed by atoms with Crippen LogP contribution in [0, 0.1) is 6.07 Å². The average molecular weight is 371 g/mol. The Kier molecular flexibility index (Phi) is 8.01. The zero-order chi connectivity index (χ0) is 14.1. The molecule has 3 heteroatoms. The molecule has 0 aliphatic carbocycles. The predicted octanol–water partition coefficient (Wildman–Crippen LogP) is 5.03. The summed E-state index contributed by atoms with van der Waals surface area (Å²) >= 11 is 4.25. The van der Waals surface area contributed by atoms with Gasteiger partial charge in [-0.15, -0.1) is 5.56 Å². The first-order chi connectivity index (χ1) is 9.27. The third-order valence-corrected chi connectivity index (χ3v) is 2.70. The molecule has 0 bridgehead atoms. The molecular weight excluding hydrogens is 353 g/mol. The Labute approximate surface area is 132 Å². The van der Waals surface area contributed by atoms with Crippen molar-refractivity contribution in [2.24, 2.45) is 0 Å². The summed E-state index contributed by atoms with van der Waals surface area (Å²) in [7, 11) is 0. The van der Waals surface area contributed by atoms with Gasteiger partial charge >= 0.3 is 30.0 Å². The third kappa shape index (κ3) is 5.46. The second-order valence-corrected chi connectivity index (χ2v) is 4.37. The molecule has 0 spiro atoms. The fraction of sp³-hybridized carbons (Fsp3) is 0.250. The van der Waals surface area contributed by atoms with E-state index in [2.05, 4.69) is 45.7 Å². The van der Waals surface area contributed by atoms with E-state index >= 15 is 0 Å². The van der Waals surface area contributed by atoms with Gasteiger partial charge < -0.3 is 4.74 Å². The van der Waals surface area contributed by atoms with Gasteiger partial charge in [-0.3, -0.25) is 0 Å². The van der Waals surface area contributed by atoms with Crippen LogP contribution >= 0.6 is 13.6 Å². The Morgan fingerprint density at radius 1 is 1.11 bits per heavy atom. The Morgan fingerprint density at radius 3 is 2.42 bits per heavy atom. The van der Waals surface area contributed by atoms with Gasteiger partial charge in [-0.2, -0.15) is 30.3 Å². The summed E-state index contributed by atoms with van der Waals surface area (Å²) in [6.07, 6.45) is 0. The molecule has 0 amide bonds. The summed E-state index contributed by atoms with van der Waals surface area (Å²) in [5, 5.41) is 0. The number of para-hydroxylation sites is 1. The molecule has 2 rings (SSSR count). The number of rotatable bonds is 4. The van der Waals surface area contributed by atoms with E-state index < -0.39 is 0 Å². The minimum absolute atomic E-state index is 0.478. The Morgan fingerprint density at radius 2 is 1.79 bits per heavy atom. The Bertz CT molecular complexity index is 471. The van der Waals surface area contributed by atoms with Gasteiger partial charge in [0, 0.05) is 0 Å². The van der Waals surface area contributed by atoms with Gasteiger partial charge in [0.05, 0.1) is 6.61 Å². The van der Waals surface area contributed by atoms with E-state index in [0.717, 1.165) is 11.3 Å². The molecule has 0 aliphatic heterocycles. The standard InChI is InChI=1S/C16H17O.BrH.Zn/c1-13(2)15-10-6-7-11-16(15)17-12-14-8-4-3-5-9-14;;/h3-8,10-11,13H,12H2,1-2H3;1H;/q-1;;+2/p-1. The Hall–Kier alpha value is -0.657. The SMILES string of the molecule is CC(C)c1ccccc1OCc1[c-]cccc1.[Zn+][Br]. The summed E-state index contributed by atoms with van der Waals surface area (Å²) in [5.74, 6) is 1.45. The molecule has 0 fully saturated rings. The van der Waals surface area contributed by atoms with Gasteiger partial charge in [0.25, 0.3) is 0 Å². The van der Waals surface area contributed by atoms with Crippen molar-refractivity contribution in [1.82, 2.24) is 0 Å². The molecule has 0 N–H and O–H groups in total. The van der Waals surface area contributed by atoms with Crippen molar-refractivity contribution in [2.75, 3.05) is 0 Å². The summed E-state index contributed by atoms with van der Waals surface area (Å²) in [6.45, 7) is 4.93. The van der Waals surface area contributed by atoms with E-state index in [1.807, 2.05) is 36.4 Å². The average Bonchev–Trinajstić information content (AvgIpc) is 2.48. The molecule has 96 valence electrons. The number of halogens is 1. The first kappa shape index (κ1) is 16.4. The van der Waals surface area contributed by atoms with E-state index in [-0.39, 0.29) is 0 Å². The third-order valence-electron chi connectivity index (χ3n) is 2.70. The number of benzene rings is 2. The summed E-state index contributed by atoms with van der Waals surface area (Å²) in [5.41, 5.74) is 2.33. The summed E-state index contributed by atoms with van der Waals surface area (Å²) in [4.78, 5) is 0. The van der Waals surface area contributed by atoms with Crippen molar-refractivity contribution < 1.29 is 21.1 Å². The van der Waals surface area contributed by atoms with Gasteiger partial charge in [0.15, 0.2) is 0 Å². The Balaban J connectivity index is 0.000000861. The zero-order valence-electron chi connectivity index (χ0n) is 11.4. The van der Waals surface area contributed by atoms with Crippen molar-refractivity contribution in [3.05, 3.63) is 65.7 Å². The van der Waals surface area contributed by atoms with E-state index in [0.29, 0.717) is 12.5 Å². The first-order valence-electron chi connectivity index (χ1n) is 6.21. The summed E-state index contributed by atoms with van der Waals surface area (Å²) < 4.78 is 5.85. The molecule has 2 aromatic rings. The molecule has 19 heavy (non-hydrogen) atoms. The van der Waals surface area contributed by atoms with Crippen LogP contribution in [-0.2, 0) is 22.9 Å². The van der Waals surface area contributed by atoms with Crippen molar-refractivity contribution in [3.63, 3.8) is 0 Å². The van der Waals surface area contributed by atoms with Crippen LogP contribution in [0.25, 0.3) is 0 Å². The zero-order valence-corrected chi connectivity index (χ0v) is 15.9. The molecule has 0 radical (unpaired) electrons.